The molecule has 2 heterocycles. The molecule has 5 nitrogen and oxygen atoms in total. The number of pyridine rings is 1. The summed E-state index contributed by atoms with van der Waals surface area (Å²) in [4.78, 5) is 20.7. The van der Waals surface area contributed by atoms with Gasteiger partial charge in [0.05, 0.1) is 16.5 Å². The first-order chi connectivity index (χ1) is 12.7. The Kier molecular flexibility index (Phi) is 4.91. The van der Waals surface area contributed by atoms with Crippen LogP contribution in [0.1, 0.15) is 29.4 Å². The van der Waals surface area contributed by atoms with Crippen molar-refractivity contribution in [1.82, 2.24) is 14.5 Å². The van der Waals surface area contributed by atoms with E-state index in [1.54, 1.807) is 19.2 Å². The number of nitrogens with zero attached hydrogens (tertiary/aromatic N) is 3. The van der Waals surface area contributed by atoms with Crippen LogP contribution in [0.5, 0.6) is 0 Å². The maximum absolute atomic E-state index is 13.1. The molecular weight excluding hydrogens is 357 g/mol. The third-order valence-corrected chi connectivity index (χ3v) is 4.45. The molecule has 0 saturated heterocycles. The van der Waals surface area contributed by atoms with Gasteiger partial charge in [-0.15, -0.1) is 0 Å². The molecular formula is C19H19F3N4O. The molecule has 0 aliphatic heterocycles. The lowest BCUT2D eigenvalue weighted by atomic mass is 10.0. The molecule has 8 heteroatoms. The molecule has 142 valence electrons. The van der Waals surface area contributed by atoms with E-state index in [1.165, 1.54) is 23.6 Å². The van der Waals surface area contributed by atoms with Gasteiger partial charge in [0.2, 0.25) is 0 Å². The first-order valence-electron chi connectivity index (χ1n) is 8.49. The minimum absolute atomic E-state index is 0.164. The monoisotopic (exact) mass is 376 g/mol. The molecule has 0 unspecified atom stereocenters. The van der Waals surface area contributed by atoms with Crippen LogP contribution in [0.25, 0.3) is 10.9 Å². The van der Waals surface area contributed by atoms with Gasteiger partial charge in [-0.1, -0.05) is 12.1 Å². The van der Waals surface area contributed by atoms with Gasteiger partial charge in [-0.3, -0.25) is 4.79 Å². The number of alkyl halides is 3. The zero-order chi connectivity index (χ0) is 19.8. The maximum atomic E-state index is 13.1. The highest BCUT2D eigenvalue weighted by Crippen LogP contribution is 2.33. The van der Waals surface area contributed by atoms with Crippen molar-refractivity contribution in [3.63, 3.8) is 0 Å². The van der Waals surface area contributed by atoms with E-state index in [4.69, 9.17) is 0 Å². The Morgan fingerprint density at radius 3 is 2.59 bits per heavy atom. The Bertz CT molecular complexity index is 1060. The molecule has 0 atom stereocenters. The average molecular weight is 376 g/mol. The first kappa shape index (κ1) is 18.9. The Balaban J connectivity index is 2.00. The van der Waals surface area contributed by atoms with Crippen molar-refractivity contribution in [2.75, 3.05) is 5.32 Å². The number of anilines is 1. The van der Waals surface area contributed by atoms with Crippen LogP contribution in [0.2, 0.25) is 0 Å². The van der Waals surface area contributed by atoms with Gasteiger partial charge in [0.25, 0.3) is 5.56 Å². The summed E-state index contributed by atoms with van der Waals surface area (Å²) in [5.74, 6) is 0.955. The maximum Gasteiger partial charge on any atom is 0.416 e. The SMILES string of the molecule is CCn1cc2c(NCc3cccc(C(F)(F)F)c3C)nc(C)nc2cc1=O. The Morgan fingerprint density at radius 1 is 1.19 bits per heavy atom. The average Bonchev–Trinajstić information content (AvgIpc) is 2.58. The summed E-state index contributed by atoms with van der Waals surface area (Å²) in [5.41, 5.74) is 0.393. The minimum Gasteiger partial charge on any atom is -0.365 e. The molecule has 0 spiro atoms. The van der Waals surface area contributed by atoms with Gasteiger partial charge >= 0.3 is 6.18 Å². The Hall–Kier alpha value is -2.90. The predicted octanol–water partition coefficient (Wildman–Crippen LogP) is 4.06. The lowest BCUT2D eigenvalue weighted by molar-refractivity contribution is -0.138. The van der Waals surface area contributed by atoms with Crippen LogP contribution in [0.3, 0.4) is 0 Å². The van der Waals surface area contributed by atoms with E-state index >= 15 is 0 Å². The number of benzene rings is 1. The summed E-state index contributed by atoms with van der Waals surface area (Å²) in [6.45, 7) is 5.67. The summed E-state index contributed by atoms with van der Waals surface area (Å²) in [6, 6.07) is 5.55. The number of aryl methyl sites for hydroxylation is 2. The molecule has 1 aromatic carbocycles. The quantitative estimate of drug-likeness (QED) is 0.746. The van der Waals surface area contributed by atoms with Gasteiger partial charge in [-0.2, -0.15) is 13.2 Å². The fraction of sp³-hybridized carbons (Fsp3) is 0.316. The molecule has 0 radical (unpaired) electrons. The van der Waals surface area contributed by atoms with E-state index in [-0.39, 0.29) is 17.7 Å². The van der Waals surface area contributed by atoms with Gasteiger partial charge in [-0.25, -0.2) is 9.97 Å². The fourth-order valence-electron chi connectivity index (χ4n) is 3.00. The van der Waals surface area contributed by atoms with Gasteiger partial charge in [0.15, 0.2) is 0 Å². The number of nitrogens with one attached hydrogen (secondary N) is 1. The van der Waals surface area contributed by atoms with Gasteiger partial charge in [0.1, 0.15) is 11.6 Å². The number of aromatic nitrogens is 3. The lowest BCUT2D eigenvalue weighted by Crippen LogP contribution is -2.18. The summed E-state index contributed by atoms with van der Waals surface area (Å²) in [6.07, 6.45) is -2.73. The summed E-state index contributed by atoms with van der Waals surface area (Å²) >= 11 is 0. The molecule has 27 heavy (non-hydrogen) atoms. The molecule has 0 aliphatic rings. The summed E-state index contributed by atoms with van der Waals surface area (Å²) < 4.78 is 40.8. The minimum atomic E-state index is -4.39. The second kappa shape index (κ2) is 7.02. The predicted molar refractivity (Wildman–Crippen MR) is 97.7 cm³/mol. The van der Waals surface area contributed by atoms with E-state index in [0.717, 1.165) is 6.07 Å². The van der Waals surface area contributed by atoms with Crippen molar-refractivity contribution >= 4 is 16.7 Å². The topological polar surface area (TPSA) is 59.8 Å². The number of hydrogen-bond acceptors (Lipinski definition) is 4. The van der Waals surface area contributed by atoms with Crippen molar-refractivity contribution in [1.29, 1.82) is 0 Å². The molecule has 0 saturated carbocycles. The normalized spacial score (nSPS) is 11.8. The number of fused-ring (bicyclic) bond motifs is 1. The third kappa shape index (κ3) is 3.79. The molecule has 0 aliphatic carbocycles. The van der Waals surface area contributed by atoms with E-state index < -0.39 is 11.7 Å². The largest absolute Gasteiger partial charge is 0.416 e. The Labute approximate surface area is 153 Å². The van der Waals surface area contributed by atoms with Crippen LogP contribution in [-0.4, -0.2) is 14.5 Å². The van der Waals surface area contributed by atoms with Crippen LogP contribution in [0.4, 0.5) is 19.0 Å². The van der Waals surface area contributed by atoms with E-state index in [1.807, 2.05) is 6.92 Å². The number of rotatable bonds is 4. The van der Waals surface area contributed by atoms with Crippen LogP contribution in [0, 0.1) is 13.8 Å². The van der Waals surface area contributed by atoms with Crippen LogP contribution in [0.15, 0.2) is 35.3 Å². The molecule has 1 N–H and O–H groups in total. The third-order valence-electron chi connectivity index (χ3n) is 4.45. The highest BCUT2D eigenvalue weighted by Gasteiger charge is 2.32. The summed E-state index contributed by atoms with van der Waals surface area (Å²) in [5, 5.41) is 3.75. The van der Waals surface area contributed by atoms with Gasteiger partial charge in [-0.05, 0) is 38.0 Å². The van der Waals surface area contributed by atoms with Crippen molar-refractivity contribution in [2.45, 2.75) is 40.0 Å². The smallest absolute Gasteiger partial charge is 0.365 e. The molecule has 3 rings (SSSR count). The molecule has 3 aromatic rings. The molecule has 0 bridgehead atoms. The van der Waals surface area contributed by atoms with Crippen LogP contribution in [-0.2, 0) is 19.3 Å². The fourth-order valence-corrected chi connectivity index (χ4v) is 3.00. The van der Waals surface area contributed by atoms with Crippen LogP contribution >= 0.6 is 0 Å². The first-order valence-corrected chi connectivity index (χ1v) is 8.49. The highest BCUT2D eigenvalue weighted by molar-refractivity contribution is 5.88. The number of hydrogen-bond donors (Lipinski definition) is 1. The zero-order valence-electron chi connectivity index (χ0n) is 15.2. The lowest BCUT2D eigenvalue weighted by Gasteiger charge is -2.15. The van der Waals surface area contributed by atoms with E-state index in [9.17, 15) is 18.0 Å². The van der Waals surface area contributed by atoms with Crippen molar-refractivity contribution in [3.8, 4) is 0 Å². The number of halogens is 3. The summed E-state index contributed by atoms with van der Waals surface area (Å²) in [7, 11) is 0. The van der Waals surface area contributed by atoms with Crippen molar-refractivity contribution in [2.24, 2.45) is 0 Å². The van der Waals surface area contributed by atoms with Gasteiger partial charge < -0.3 is 9.88 Å². The second-order valence-electron chi connectivity index (χ2n) is 6.26. The van der Waals surface area contributed by atoms with E-state index in [2.05, 4.69) is 15.3 Å². The van der Waals surface area contributed by atoms with Crippen molar-refractivity contribution in [3.05, 3.63) is 63.3 Å². The Morgan fingerprint density at radius 2 is 1.93 bits per heavy atom. The van der Waals surface area contributed by atoms with Crippen molar-refractivity contribution < 1.29 is 13.2 Å². The zero-order valence-corrected chi connectivity index (χ0v) is 15.2. The van der Waals surface area contributed by atoms with E-state index in [0.29, 0.717) is 34.7 Å². The highest BCUT2D eigenvalue weighted by atomic mass is 19.4. The second-order valence-corrected chi connectivity index (χ2v) is 6.26. The standard InChI is InChI=1S/C19H19F3N4O/c1-4-26-10-14-16(8-17(26)27)24-12(3)25-18(14)23-9-13-6-5-7-15(11(13)2)19(20,21)22/h5-8,10H,4,9H2,1-3H3,(H,23,24,25). The van der Waals surface area contributed by atoms with Crippen LogP contribution < -0.4 is 10.9 Å². The molecule has 0 fully saturated rings. The van der Waals surface area contributed by atoms with Gasteiger partial charge in [0, 0.05) is 25.4 Å². The molecule has 0 amide bonds. The molecule has 2 aromatic heterocycles.